The molecule has 51 heavy (non-hydrogen) atoms. The average Bonchev–Trinajstić information content (AvgIpc) is 3.55. The molecule has 0 amide bonds. The van der Waals surface area contributed by atoms with Gasteiger partial charge in [-0.05, 0) is 98.4 Å². The zero-order valence-electron chi connectivity index (χ0n) is 27.7. The normalized spacial score (nSPS) is 14.5. The molecule has 1 N–H and O–H groups in total. The molecule has 0 fully saturated rings. The van der Waals surface area contributed by atoms with Gasteiger partial charge in [0, 0.05) is 40.1 Å². The minimum atomic E-state index is -0.128. The van der Waals surface area contributed by atoms with Crippen molar-refractivity contribution in [2.24, 2.45) is 0 Å². The molecule has 0 radical (unpaired) electrons. The molecule has 240 valence electrons. The van der Waals surface area contributed by atoms with Crippen LogP contribution >= 0.6 is 0 Å². The predicted molar refractivity (Wildman–Crippen MR) is 212 cm³/mol. The number of allylic oxidation sites excluding steroid dienone is 2. The first-order valence-electron chi connectivity index (χ1n) is 17.4. The van der Waals surface area contributed by atoms with Gasteiger partial charge in [0.05, 0.1) is 17.3 Å². The summed E-state index contributed by atoms with van der Waals surface area (Å²) in [4.78, 5) is 9.80. The van der Waals surface area contributed by atoms with Crippen LogP contribution in [0.3, 0.4) is 0 Å². The van der Waals surface area contributed by atoms with E-state index in [4.69, 9.17) is 9.97 Å². The second-order valence-electron chi connectivity index (χ2n) is 13.1. The first-order valence-corrected chi connectivity index (χ1v) is 17.4. The summed E-state index contributed by atoms with van der Waals surface area (Å²) in [5.74, 6) is 0. The zero-order chi connectivity index (χ0) is 33.7. The van der Waals surface area contributed by atoms with Gasteiger partial charge in [0.25, 0.3) is 0 Å². The van der Waals surface area contributed by atoms with Crippen LogP contribution in [0.1, 0.15) is 22.9 Å². The summed E-state index contributed by atoms with van der Waals surface area (Å²) in [5.41, 5.74) is 10.9. The van der Waals surface area contributed by atoms with E-state index in [0.717, 1.165) is 50.3 Å². The molecule has 10 rings (SSSR count). The van der Waals surface area contributed by atoms with Crippen molar-refractivity contribution < 1.29 is 0 Å². The zero-order valence-corrected chi connectivity index (χ0v) is 27.7. The van der Waals surface area contributed by atoms with E-state index in [1.54, 1.807) is 0 Å². The number of dihydropyridines is 1. The fourth-order valence-electron chi connectivity index (χ4n) is 7.66. The molecule has 6 aromatic carbocycles. The molecule has 4 heteroatoms. The lowest BCUT2D eigenvalue weighted by molar-refractivity contribution is 0.739. The van der Waals surface area contributed by atoms with E-state index in [0.29, 0.717) is 0 Å². The Kier molecular flexibility index (Phi) is 6.85. The monoisotopic (exact) mass is 652 g/mol. The summed E-state index contributed by atoms with van der Waals surface area (Å²) in [6.07, 6.45) is 8.47. The molecule has 0 spiro atoms. The molecule has 0 saturated carbocycles. The Balaban J connectivity index is 1.10. The van der Waals surface area contributed by atoms with Gasteiger partial charge in [0.2, 0.25) is 0 Å². The lowest BCUT2D eigenvalue weighted by Gasteiger charge is -2.26. The van der Waals surface area contributed by atoms with Gasteiger partial charge < -0.3 is 5.32 Å². The third-order valence-electron chi connectivity index (χ3n) is 10.1. The van der Waals surface area contributed by atoms with Crippen LogP contribution in [0.25, 0.3) is 71.6 Å². The largest absolute Gasteiger partial charge is 0.373 e. The molecule has 3 aromatic heterocycles. The first kappa shape index (κ1) is 29.2. The first-order chi connectivity index (χ1) is 25.3. The number of para-hydroxylation sites is 1. The van der Waals surface area contributed by atoms with Gasteiger partial charge in [0.1, 0.15) is 5.65 Å². The van der Waals surface area contributed by atoms with Crippen LogP contribution in [0.15, 0.2) is 182 Å². The van der Waals surface area contributed by atoms with E-state index in [9.17, 15) is 0 Å². The minimum absolute atomic E-state index is 0.128. The highest BCUT2D eigenvalue weighted by molar-refractivity contribution is 6.13. The molecule has 0 saturated heterocycles. The summed E-state index contributed by atoms with van der Waals surface area (Å²) in [6.45, 7) is 0. The molecule has 1 aliphatic heterocycles. The average molecular weight is 653 g/mol. The highest BCUT2D eigenvalue weighted by Gasteiger charge is 2.22. The van der Waals surface area contributed by atoms with E-state index < -0.39 is 0 Å². The third-order valence-corrected chi connectivity index (χ3v) is 10.1. The smallest absolute Gasteiger partial charge is 0.145 e. The molecule has 0 bridgehead atoms. The van der Waals surface area contributed by atoms with Crippen molar-refractivity contribution >= 4 is 54.8 Å². The number of rotatable bonds is 5. The van der Waals surface area contributed by atoms with Gasteiger partial charge in [-0.1, -0.05) is 115 Å². The highest BCUT2D eigenvalue weighted by Crippen LogP contribution is 2.38. The summed E-state index contributed by atoms with van der Waals surface area (Å²) in [5, 5.41) is 11.2. The maximum Gasteiger partial charge on any atom is 0.145 e. The molecule has 1 unspecified atom stereocenters. The van der Waals surface area contributed by atoms with Crippen molar-refractivity contribution in [3.8, 4) is 16.8 Å². The molecule has 0 aliphatic carbocycles. The fourth-order valence-corrected chi connectivity index (χ4v) is 7.66. The minimum Gasteiger partial charge on any atom is -0.373 e. The topological polar surface area (TPSA) is 42.7 Å². The third kappa shape index (κ3) is 5.00. The molecule has 1 aliphatic rings. The highest BCUT2D eigenvalue weighted by atomic mass is 15.0. The Morgan fingerprint density at radius 2 is 1.24 bits per heavy atom. The molecular weight excluding hydrogens is 621 g/mol. The van der Waals surface area contributed by atoms with Gasteiger partial charge in [-0.15, -0.1) is 0 Å². The molecule has 9 aromatic rings. The van der Waals surface area contributed by atoms with Crippen molar-refractivity contribution in [3.05, 3.63) is 199 Å². The van der Waals surface area contributed by atoms with Crippen LogP contribution in [0.5, 0.6) is 0 Å². The molecular formula is C47H32N4. The maximum absolute atomic E-state index is 5.01. The Morgan fingerprint density at radius 3 is 2.06 bits per heavy atom. The Hall–Kier alpha value is -6.78. The lowest BCUT2D eigenvalue weighted by atomic mass is 9.89. The Labute approximate surface area is 295 Å². The number of pyridine rings is 2. The van der Waals surface area contributed by atoms with Crippen LogP contribution in [-0.2, 0) is 0 Å². The fraction of sp³-hybridized carbons (Fsp3) is 0.0213. The Bertz CT molecular complexity index is 2760. The van der Waals surface area contributed by atoms with Crippen LogP contribution < -0.4 is 5.32 Å². The second-order valence-corrected chi connectivity index (χ2v) is 13.1. The van der Waals surface area contributed by atoms with Gasteiger partial charge in [-0.3, -0.25) is 9.55 Å². The molecule has 4 nitrogen and oxygen atoms in total. The standard InChI is InChI=1S/C47H32N4/c1-2-11-31(12-3-1)34-22-25-43(49-30-34)45-29-35(42-27-33-13-4-5-14-37(33)38-15-6-7-16-39(38)42)28-44(50-45)32-20-23-36(24-21-32)51-46-19-9-8-17-40(46)41-18-10-26-48-47(41)51/h1-30,45,50H. The van der Waals surface area contributed by atoms with E-state index in [-0.39, 0.29) is 6.04 Å². The summed E-state index contributed by atoms with van der Waals surface area (Å²) in [7, 11) is 0. The van der Waals surface area contributed by atoms with Crippen LogP contribution in [-0.4, -0.2) is 14.5 Å². The summed E-state index contributed by atoms with van der Waals surface area (Å²) < 4.78 is 2.25. The van der Waals surface area contributed by atoms with Crippen LogP contribution in [0, 0.1) is 0 Å². The number of hydrogen-bond acceptors (Lipinski definition) is 3. The molecule has 1 atom stereocenters. The van der Waals surface area contributed by atoms with Crippen LogP contribution in [0.4, 0.5) is 0 Å². The van der Waals surface area contributed by atoms with Crippen molar-refractivity contribution in [2.75, 3.05) is 0 Å². The Morgan fingerprint density at radius 1 is 0.529 bits per heavy atom. The van der Waals surface area contributed by atoms with Gasteiger partial charge in [-0.25, -0.2) is 4.98 Å². The van der Waals surface area contributed by atoms with E-state index in [1.165, 1.54) is 38.1 Å². The van der Waals surface area contributed by atoms with Crippen molar-refractivity contribution in [1.82, 2.24) is 19.9 Å². The summed E-state index contributed by atoms with van der Waals surface area (Å²) >= 11 is 0. The van der Waals surface area contributed by atoms with E-state index >= 15 is 0 Å². The number of aromatic nitrogens is 3. The van der Waals surface area contributed by atoms with E-state index in [1.807, 2.05) is 24.5 Å². The molecule has 4 heterocycles. The van der Waals surface area contributed by atoms with Crippen molar-refractivity contribution in [1.29, 1.82) is 0 Å². The second kappa shape index (κ2) is 12.0. The lowest BCUT2D eigenvalue weighted by Crippen LogP contribution is -2.22. The number of nitrogens with zero attached hydrogens (tertiary/aromatic N) is 3. The predicted octanol–water partition coefficient (Wildman–Crippen LogP) is 11.3. The number of nitrogens with one attached hydrogen (secondary N) is 1. The van der Waals surface area contributed by atoms with Gasteiger partial charge in [-0.2, -0.15) is 0 Å². The van der Waals surface area contributed by atoms with Gasteiger partial charge >= 0.3 is 0 Å². The number of fused-ring (bicyclic) bond motifs is 6. The number of hydrogen-bond donors (Lipinski definition) is 1. The maximum atomic E-state index is 5.01. The number of benzene rings is 6. The SMILES string of the molecule is C1=C(c2ccc(-n3c4ccccc4c4cccnc43)cc2)NC(c2ccc(-c3ccccc3)cn2)C=C1c1cc2ccccc2c2ccccc12. The van der Waals surface area contributed by atoms with Crippen molar-refractivity contribution in [3.63, 3.8) is 0 Å². The summed E-state index contributed by atoms with van der Waals surface area (Å²) in [6, 6.07) is 55.8. The van der Waals surface area contributed by atoms with Gasteiger partial charge in [0.15, 0.2) is 0 Å². The quantitative estimate of drug-likeness (QED) is 0.188. The van der Waals surface area contributed by atoms with E-state index in [2.05, 4.69) is 168 Å². The van der Waals surface area contributed by atoms with Crippen LogP contribution in [0.2, 0.25) is 0 Å². The van der Waals surface area contributed by atoms with Crippen molar-refractivity contribution in [2.45, 2.75) is 6.04 Å².